The molecule has 0 bridgehead atoms. The summed E-state index contributed by atoms with van der Waals surface area (Å²) in [5, 5.41) is 16.3. The average molecular weight is 379 g/mol. The Hall–Kier alpha value is -1.57. The molecule has 2 unspecified atom stereocenters. The summed E-state index contributed by atoms with van der Waals surface area (Å²) < 4.78 is 11.3. The normalized spacial score (nSPS) is 25.5. The van der Waals surface area contributed by atoms with Gasteiger partial charge in [-0.2, -0.15) is 0 Å². The van der Waals surface area contributed by atoms with Crippen LogP contribution in [0.3, 0.4) is 0 Å². The van der Waals surface area contributed by atoms with E-state index in [0.29, 0.717) is 6.61 Å². The summed E-state index contributed by atoms with van der Waals surface area (Å²) in [5.74, 6) is 1.79. The highest BCUT2D eigenvalue weighted by Crippen LogP contribution is 2.31. The molecule has 1 aromatic rings. The van der Waals surface area contributed by atoms with Crippen molar-refractivity contribution in [3.05, 3.63) is 24.2 Å². The third-order valence-corrected chi connectivity index (χ3v) is 5.85. The van der Waals surface area contributed by atoms with Gasteiger partial charge in [-0.25, -0.2) is 0 Å². The number of nitrogens with zero attached hydrogens (tertiary/aromatic N) is 2. The van der Waals surface area contributed by atoms with Gasteiger partial charge in [0.2, 0.25) is 0 Å². The molecule has 1 aromatic heterocycles. The van der Waals surface area contributed by atoms with Gasteiger partial charge in [-0.05, 0) is 50.9 Å². The van der Waals surface area contributed by atoms with Crippen molar-refractivity contribution in [2.24, 2.45) is 10.4 Å². The zero-order chi connectivity index (χ0) is 19.0. The number of hydrogen-bond donors (Lipinski definition) is 3. The Kier molecular flexibility index (Phi) is 7.55. The molecule has 0 radical (unpaired) electrons. The summed E-state index contributed by atoms with van der Waals surface area (Å²) in [5.41, 5.74) is -0.000345. The number of ether oxygens (including phenoxy) is 1. The zero-order valence-corrected chi connectivity index (χ0v) is 16.5. The SMILES string of the molecule is CN=C(NCC(c1ccco1)N1CCCCC1)NCC1(CCO)CCOC1. The van der Waals surface area contributed by atoms with Crippen molar-refractivity contribution in [1.29, 1.82) is 0 Å². The molecule has 3 heterocycles. The van der Waals surface area contributed by atoms with Crippen LogP contribution in [0.15, 0.2) is 27.8 Å². The maximum atomic E-state index is 9.40. The van der Waals surface area contributed by atoms with Crippen LogP contribution in [-0.4, -0.2) is 69.0 Å². The molecule has 0 aromatic carbocycles. The minimum absolute atomic E-state index is 0.000345. The molecule has 0 spiro atoms. The van der Waals surface area contributed by atoms with Crippen LogP contribution in [0, 0.1) is 5.41 Å². The lowest BCUT2D eigenvalue weighted by Crippen LogP contribution is -2.47. The first-order chi connectivity index (χ1) is 13.3. The summed E-state index contributed by atoms with van der Waals surface area (Å²) in [4.78, 5) is 6.88. The smallest absolute Gasteiger partial charge is 0.191 e. The van der Waals surface area contributed by atoms with Crippen LogP contribution in [-0.2, 0) is 4.74 Å². The van der Waals surface area contributed by atoms with E-state index in [0.717, 1.165) is 57.3 Å². The largest absolute Gasteiger partial charge is 0.468 e. The summed E-state index contributed by atoms with van der Waals surface area (Å²) in [7, 11) is 1.79. The predicted octanol–water partition coefficient (Wildman–Crippen LogP) is 1.76. The Morgan fingerprint density at radius 2 is 2.19 bits per heavy atom. The molecule has 7 heteroatoms. The number of hydrogen-bond acceptors (Lipinski definition) is 5. The number of aliphatic imine (C=N–C) groups is 1. The van der Waals surface area contributed by atoms with Crippen LogP contribution in [0.4, 0.5) is 0 Å². The second kappa shape index (κ2) is 10.1. The number of piperidine rings is 1. The molecule has 0 amide bonds. The number of furan rings is 1. The van der Waals surface area contributed by atoms with Gasteiger partial charge in [0, 0.05) is 38.8 Å². The van der Waals surface area contributed by atoms with Gasteiger partial charge in [0.1, 0.15) is 5.76 Å². The molecule has 3 rings (SSSR count). The van der Waals surface area contributed by atoms with Crippen molar-refractivity contribution in [2.75, 3.05) is 53.0 Å². The van der Waals surface area contributed by atoms with Gasteiger partial charge in [-0.15, -0.1) is 0 Å². The number of nitrogens with one attached hydrogen (secondary N) is 2. The topological polar surface area (TPSA) is 82.3 Å². The lowest BCUT2D eigenvalue weighted by atomic mass is 9.84. The number of rotatable bonds is 8. The molecule has 2 aliphatic rings. The maximum absolute atomic E-state index is 9.40. The van der Waals surface area contributed by atoms with Crippen LogP contribution < -0.4 is 10.6 Å². The Bertz CT molecular complexity index is 564. The van der Waals surface area contributed by atoms with Crippen molar-refractivity contribution in [2.45, 2.75) is 38.1 Å². The maximum Gasteiger partial charge on any atom is 0.191 e. The van der Waals surface area contributed by atoms with Crippen molar-refractivity contribution < 1.29 is 14.3 Å². The molecule has 0 saturated carbocycles. The van der Waals surface area contributed by atoms with Crippen molar-refractivity contribution in [1.82, 2.24) is 15.5 Å². The molecule has 2 fully saturated rings. The second-order valence-electron chi connectivity index (χ2n) is 7.71. The fourth-order valence-electron chi connectivity index (χ4n) is 4.12. The second-order valence-corrected chi connectivity index (χ2v) is 7.71. The van der Waals surface area contributed by atoms with Crippen molar-refractivity contribution in [3.63, 3.8) is 0 Å². The summed E-state index contributed by atoms with van der Waals surface area (Å²) >= 11 is 0. The highest BCUT2D eigenvalue weighted by molar-refractivity contribution is 5.79. The van der Waals surface area contributed by atoms with E-state index in [1.54, 1.807) is 13.3 Å². The van der Waals surface area contributed by atoms with Crippen molar-refractivity contribution >= 4 is 5.96 Å². The minimum Gasteiger partial charge on any atom is -0.468 e. The Balaban J connectivity index is 1.56. The fourth-order valence-corrected chi connectivity index (χ4v) is 4.12. The molecule has 2 atom stereocenters. The predicted molar refractivity (Wildman–Crippen MR) is 106 cm³/mol. The molecule has 2 saturated heterocycles. The first-order valence-electron chi connectivity index (χ1n) is 10.2. The van der Waals surface area contributed by atoms with E-state index in [2.05, 4.69) is 26.6 Å². The highest BCUT2D eigenvalue weighted by atomic mass is 16.5. The van der Waals surface area contributed by atoms with Gasteiger partial charge in [0.15, 0.2) is 5.96 Å². The van der Waals surface area contributed by atoms with Gasteiger partial charge in [-0.3, -0.25) is 9.89 Å². The van der Waals surface area contributed by atoms with Gasteiger partial charge >= 0.3 is 0 Å². The number of aliphatic hydroxyl groups excluding tert-OH is 1. The molecule has 152 valence electrons. The Morgan fingerprint density at radius 1 is 1.33 bits per heavy atom. The van der Waals surface area contributed by atoms with E-state index in [9.17, 15) is 5.11 Å². The fraction of sp³-hybridized carbons (Fsp3) is 0.750. The number of aliphatic hydroxyl groups is 1. The molecule has 7 nitrogen and oxygen atoms in total. The van der Waals surface area contributed by atoms with E-state index in [1.165, 1.54) is 19.3 Å². The summed E-state index contributed by atoms with van der Waals surface area (Å²) in [6.45, 7) is 5.36. The zero-order valence-electron chi connectivity index (χ0n) is 16.5. The van der Waals surface area contributed by atoms with E-state index < -0.39 is 0 Å². The molecule has 2 aliphatic heterocycles. The van der Waals surface area contributed by atoms with E-state index in [-0.39, 0.29) is 18.1 Å². The third kappa shape index (κ3) is 5.46. The van der Waals surface area contributed by atoms with Gasteiger partial charge in [-0.1, -0.05) is 6.42 Å². The Morgan fingerprint density at radius 3 is 2.81 bits per heavy atom. The minimum atomic E-state index is -0.000345. The van der Waals surface area contributed by atoms with Crippen molar-refractivity contribution in [3.8, 4) is 0 Å². The van der Waals surface area contributed by atoms with E-state index >= 15 is 0 Å². The number of guanidine groups is 1. The van der Waals surface area contributed by atoms with E-state index in [4.69, 9.17) is 9.15 Å². The third-order valence-electron chi connectivity index (χ3n) is 5.85. The molecule has 3 N–H and O–H groups in total. The molecule has 27 heavy (non-hydrogen) atoms. The Labute approximate surface area is 162 Å². The molecular formula is C20H34N4O3. The standard InChI is InChI=1S/C20H34N4O3/c1-21-19(23-15-20(7-11-25)8-13-26-16-20)22-14-17(18-6-5-12-27-18)24-9-3-2-4-10-24/h5-6,12,17,25H,2-4,7-11,13-16H2,1H3,(H2,21,22,23). The van der Waals surface area contributed by atoms with Crippen LogP contribution >= 0.6 is 0 Å². The van der Waals surface area contributed by atoms with Crippen LogP contribution in [0.25, 0.3) is 0 Å². The van der Waals surface area contributed by atoms with E-state index in [1.807, 2.05) is 6.07 Å². The average Bonchev–Trinajstić information content (AvgIpc) is 3.38. The summed E-state index contributed by atoms with van der Waals surface area (Å²) in [6.07, 6.45) is 7.27. The monoisotopic (exact) mass is 378 g/mol. The highest BCUT2D eigenvalue weighted by Gasteiger charge is 2.34. The number of likely N-dealkylation sites (tertiary alicyclic amines) is 1. The van der Waals surface area contributed by atoms with Crippen LogP contribution in [0.1, 0.15) is 43.9 Å². The first kappa shape index (κ1) is 20.2. The van der Waals surface area contributed by atoms with Gasteiger partial charge in [0.05, 0.1) is 18.9 Å². The van der Waals surface area contributed by atoms with Crippen LogP contribution in [0.5, 0.6) is 0 Å². The molecular weight excluding hydrogens is 344 g/mol. The lowest BCUT2D eigenvalue weighted by molar-refractivity contribution is 0.127. The lowest BCUT2D eigenvalue weighted by Gasteiger charge is -2.34. The summed E-state index contributed by atoms with van der Waals surface area (Å²) in [6, 6.07) is 4.22. The first-order valence-corrected chi connectivity index (χ1v) is 10.2. The molecule has 0 aliphatic carbocycles. The van der Waals surface area contributed by atoms with Gasteiger partial charge in [0.25, 0.3) is 0 Å². The van der Waals surface area contributed by atoms with Gasteiger partial charge < -0.3 is 24.9 Å². The quantitative estimate of drug-likeness (QED) is 0.472. The van der Waals surface area contributed by atoms with Crippen LogP contribution in [0.2, 0.25) is 0 Å².